The van der Waals surface area contributed by atoms with Gasteiger partial charge in [-0.1, -0.05) is 30.4 Å². The van der Waals surface area contributed by atoms with Crippen LogP contribution in [0.5, 0.6) is 0 Å². The van der Waals surface area contributed by atoms with Gasteiger partial charge in [0.2, 0.25) is 5.69 Å². The smallest absolute Gasteiger partial charge is 0.201 e. The fraction of sp³-hybridized carbons (Fsp3) is 0.250. The first-order chi connectivity index (χ1) is 10.1. The van der Waals surface area contributed by atoms with Crippen LogP contribution >= 0.6 is 0 Å². The summed E-state index contributed by atoms with van der Waals surface area (Å²) < 4.78 is 2.21. The van der Waals surface area contributed by atoms with E-state index in [4.69, 9.17) is 0 Å². The molecule has 21 heavy (non-hydrogen) atoms. The molecule has 1 aromatic carbocycles. The third-order valence-electron chi connectivity index (χ3n) is 4.12. The number of hydrogen-bond donors (Lipinski definition) is 0. The van der Waals surface area contributed by atoms with E-state index in [9.17, 15) is 0 Å². The predicted octanol–water partition coefficient (Wildman–Crippen LogP) is 4.53. The van der Waals surface area contributed by atoms with Gasteiger partial charge in [-0.25, -0.2) is 4.57 Å². The van der Waals surface area contributed by atoms with Crippen molar-refractivity contribution in [2.24, 2.45) is 7.05 Å². The molecule has 1 heteroatoms. The quantitative estimate of drug-likeness (QED) is 0.710. The summed E-state index contributed by atoms with van der Waals surface area (Å²) >= 11 is 0. The molecule has 0 fully saturated rings. The lowest BCUT2D eigenvalue weighted by atomic mass is 9.94. The first-order valence-corrected chi connectivity index (χ1v) is 7.59. The van der Waals surface area contributed by atoms with Gasteiger partial charge in [-0.15, -0.1) is 0 Å². The summed E-state index contributed by atoms with van der Waals surface area (Å²) in [6, 6.07) is 11.2. The molecule has 0 atom stereocenters. The van der Waals surface area contributed by atoms with Crippen LogP contribution in [0.4, 0.5) is 0 Å². The van der Waals surface area contributed by atoms with Gasteiger partial charge in [0.1, 0.15) is 7.05 Å². The summed E-state index contributed by atoms with van der Waals surface area (Å²) in [6.45, 7) is 4.31. The van der Waals surface area contributed by atoms with Gasteiger partial charge in [0.05, 0.1) is 0 Å². The average Bonchev–Trinajstić information content (AvgIpc) is 2.49. The van der Waals surface area contributed by atoms with Gasteiger partial charge in [-0.3, -0.25) is 0 Å². The van der Waals surface area contributed by atoms with E-state index in [1.807, 2.05) is 0 Å². The number of rotatable bonds is 2. The topological polar surface area (TPSA) is 3.88 Å². The molecule has 0 N–H and O–H groups in total. The van der Waals surface area contributed by atoms with Crippen LogP contribution in [0, 0.1) is 13.8 Å². The third-order valence-corrected chi connectivity index (χ3v) is 4.12. The number of nitrogens with zero attached hydrogens (tertiary/aromatic N) is 1. The lowest BCUT2D eigenvalue weighted by Crippen LogP contribution is -2.31. The maximum absolute atomic E-state index is 2.34. The van der Waals surface area contributed by atoms with Gasteiger partial charge in [0.15, 0.2) is 6.20 Å². The van der Waals surface area contributed by atoms with Crippen LogP contribution < -0.4 is 4.57 Å². The SMILES string of the molecule is Cc1ccc(-c2cc(C3=CCCC=C3)ccc2C)[n+](C)c1. The molecular weight excluding hydrogens is 254 g/mol. The molecule has 0 radical (unpaired) electrons. The van der Waals surface area contributed by atoms with Crippen LogP contribution in [0.15, 0.2) is 54.8 Å². The first-order valence-electron chi connectivity index (χ1n) is 7.59. The molecule has 1 aliphatic rings. The van der Waals surface area contributed by atoms with Crippen LogP contribution in [-0.2, 0) is 7.05 Å². The highest BCUT2D eigenvalue weighted by atomic mass is 14.9. The highest BCUT2D eigenvalue weighted by Crippen LogP contribution is 2.27. The molecule has 1 nitrogen and oxygen atoms in total. The molecule has 2 aromatic rings. The minimum atomic E-state index is 1.15. The van der Waals surface area contributed by atoms with E-state index < -0.39 is 0 Å². The second-order valence-electron chi connectivity index (χ2n) is 5.87. The third kappa shape index (κ3) is 2.82. The maximum Gasteiger partial charge on any atom is 0.212 e. The first kappa shape index (κ1) is 13.8. The zero-order chi connectivity index (χ0) is 14.8. The lowest BCUT2D eigenvalue weighted by Gasteiger charge is -2.11. The summed E-state index contributed by atoms with van der Waals surface area (Å²) in [5.74, 6) is 0. The molecular formula is C20H22N+. The van der Waals surface area contributed by atoms with Crippen molar-refractivity contribution in [2.45, 2.75) is 26.7 Å². The van der Waals surface area contributed by atoms with Gasteiger partial charge in [-0.2, -0.15) is 0 Å². The summed E-state index contributed by atoms with van der Waals surface area (Å²) in [7, 11) is 2.12. The van der Waals surface area contributed by atoms with Gasteiger partial charge in [0.25, 0.3) is 0 Å². The van der Waals surface area contributed by atoms with Gasteiger partial charge < -0.3 is 0 Å². The van der Waals surface area contributed by atoms with Crippen molar-refractivity contribution in [1.82, 2.24) is 0 Å². The standard InChI is InChI=1S/C20H22N/c1-15-9-12-20(21(3)14-15)19-13-18(11-10-16(19)2)17-7-5-4-6-8-17/h5,7-14H,4,6H2,1-3H3/q+1. The van der Waals surface area contributed by atoms with Crippen molar-refractivity contribution in [3.05, 3.63) is 71.4 Å². The molecule has 1 heterocycles. The molecule has 0 saturated heterocycles. The molecule has 3 rings (SSSR count). The number of aromatic nitrogens is 1. The average molecular weight is 276 g/mol. The Morgan fingerprint density at radius 1 is 1.00 bits per heavy atom. The second-order valence-corrected chi connectivity index (χ2v) is 5.87. The van der Waals surface area contributed by atoms with Crippen LogP contribution in [-0.4, -0.2) is 0 Å². The molecule has 0 aliphatic heterocycles. The Morgan fingerprint density at radius 2 is 1.86 bits per heavy atom. The Balaban J connectivity index is 2.10. The van der Waals surface area contributed by atoms with E-state index >= 15 is 0 Å². The van der Waals surface area contributed by atoms with E-state index in [2.05, 4.69) is 80.2 Å². The van der Waals surface area contributed by atoms with Crippen molar-refractivity contribution in [3.8, 4) is 11.3 Å². The van der Waals surface area contributed by atoms with Crippen LogP contribution in [0.3, 0.4) is 0 Å². The van der Waals surface area contributed by atoms with Crippen LogP contribution in [0.2, 0.25) is 0 Å². The number of aryl methyl sites for hydroxylation is 3. The van der Waals surface area contributed by atoms with Crippen molar-refractivity contribution >= 4 is 5.57 Å². The summed E-state index contributed by atoms with van der Waals surface area (Å²) in [4.78, 5) is 0. The van der Waals surface area contributed by atoms with E-state index in [-0.39, 0.29) is 0 Å². The van der Waals surface area contributed by atoms with E-state index in [0.29, 0.717) is 0 Å². The normalized spacial score (nSPS) is 14.1. The molecule has 106 valence electrons. The number of benzene rings is 1. The molecule has 0 bridgehead atoms. The Morgan fingerprint density at radius 3 is 2.57 bits per heavy atom. The molecule has 1 aliphatic carbocycles. The lowest BCUT2D eigenvalue weighted by molar-refractivity contribution is -0.660. The monoisotopic (exact) mass is 276 g/mol. The van der Waals surface area contributed by atoms with Gasteiger partial charge >= 0.3 is 0 Å². The summed E-state index contributed by atoms with van der Waals surface area (Å²) in [6.07, 6.45) is 11.3. The van der Waals surface area contributed by atoms with Gasteiger partial charge in [0, 0.05) is 17.2 Å². The largest absolute Gasteiger partial charge is 0.212 e. The highest BCUT2D eigenvalue weighted by molar-refractivity contribution is 5.78. The maximum atomic E-state index is 2.34. The Bertz CT molecular complexity index is 735. The highest BCUT2D eigenvalue weighted by Gasteiger charge is 2.14. The Kier molecular flexibility index (Phi) is 3.74. The van der Waals surface area contributed by atoms with E-state index in [1.165, 1.54) is 33.5 Å². The number of hydrogen-bond acceptors (Lipinski definition) is 0. The Hall–Kier alpha value is -2.15. The number of pyridine rings is 1. The fourth-order valence-electron chi connectivity index (χ4n) is 2.93. The van der Waals surface area contributed by atoms with Gasteiger partial charge in [-0.05, 0) is 55.5 Å². The van der Waals surface area contributed by atoms with Crippen molar-refractivity contribution < 1.29 is 4.57 Å². The summed E-state index contributed by atoms with van der Waals surface area (Å²) in [5.41, 5.74) is 7.84. The number of allylic oxidation sites excluding steroid dienone is 4. The molecule has 0 amide bonds. The molecule has 0 unspecified atom stereocenters. The van der Waals surface area contributed by atoms with Crippen LogP contribution in [0.1, 0.15) is 29.5 Å². The van der Waals surface area contributed by atoms with Crippen molar-refractivity contribution in [1.29, 1.82) is 0 Å². The van der Waals surface area contributed by atoms with E-state index in [1.54, 1.807) is 0 Å². The van der Waals surface area contributed by atoms with Crippen molar-refractivity contribution in [2.75, 3.05) is 0 Å². The minimum absolute atomic E-state index is 1.15. The zero-order valence-corrected chi connectivity index (χ0v) is 13.1. The second kappa shape index (κ2) is 5.69. The molecule has 0 saturated carbocycles. The molecule has 0 spiro atoms. The zero-order valence-electron chi connectivity index (χ0n) is 13.1. The van der Waals surface area contributed by atoms with Crippen molar-refractivity contribution in [3.63, 3.8) is 0 Å². The molecule has 1 aromatic heterocycles. The van der Waals surface area contributed by atoms with Crippen LogP contribution in [0.25, 0.3) is 16.8 Å². The fourth-order valence-corrected chi connectivity index (χ4v) is 2.93. The minimum Gasteiger partial charge on any atom is -0.201 e. The predicted molar refractivity (Wildman–Crippen MR) is 88.9 cm³/mol. The Labute approximate surface area is 127 Å². The summed E-state index contributed by atoms with van der Waals surface area (Å²) in [5, 5.41) is 0. The van der Waals surface area contributed by atoms with E-state index in [0.717, 1.165) is 12.8 Å².